The quantitative estimate of drug-likeness (QED) is 0.813. The lowest BCUT2D eigenvalue weighted by atomic mass is 10.1. The van der Waals surface area contributed by atoms with Gasteiger partial charge in [0.2, 0.25) is 11.6 Å². The van der Waals surface area contributed by atoms with Gasteiger partial charge in [-0.2, -0.15) is 0 Å². The first-order chi connectivity index (χ1) is 8.13. The second-order valence-electron chi connectivity index (χ2n) is 3.30. The number of nitrogens with zero attached hydrogens (tertiary/aromatic N) is 1. The van der Waals surface area contributed by atoms with Crippen LogP contribution in [0.25, 0.3) is 11.1 Å². The fourth-order valence-corrected chi connectivity index (χ4v) is 1.89. The first-order valence-corrected chi connectivity index (χ1v) is 5.99. The van der Waals surface area contributed by atoms with Crippen LogP contribution < -0.4 is 5.73 Å². The van der Waals surface area contributed by atoms with Crippen molar-refractivity contribution in [1.29, 1.82) is 0 Å². The fraction of sp³-hybridized carbons (Fsp3) is 0.0909. The predicted molar refractivity (Wildman–Crippen MR) is 65.1 cm³/mol. The van der Waals surface area contributed by atoms with Gasteiger partial charge in [0.25, 0.3) is 0 Å². The molecule has 0 radical (unpaired) electrons. The highest BCUT2D eigenvalue weighted by Gasteiger charge is 2.20. The number of carbonyl (C=O) groups is 1. The number of aromatic carboxylic acids is 1. The topological polar surface area (TPSA) is 89.3 Å². The lowest BCUT2D eigenvalue weighted by Gasteiger charge is -2.01. The molecule has 6 heteroatoms. The number of nitrogens with two attached hydrogens (primary N) is 1. The zero-order chi connectivity index (χ0) is 12.4. The average molecular weight is 250 g/mol. The van der Waals surface area contributed by atoms with Gasteiger partial charge >= 0.3 is 5.97 Å². The molecule has 0 aliphatic heterocycles. The van der Waals surface area contributed by atoms with Crippen LogP contribution >= 0.6 is 11.8 Å². The number of aromatic nitrogens is 1. The Hall–Kier alpha value is -1.95. The van der Waals surface area contributed by atoms with Crippen LogP contribution in [-0.2, 0) is 0 Å². The molecule has 0 aliphatic carbocycles. The van der Waals surface area contributed by atoms with Crippen molar-refractivity contribution in [3.63, 3.8) is 0 Å². The Kier molecular flexibility index (Phi) is 3.06. The van der Waals surface area contributed by atoms with Crippen molar-refractivity contribution in [2.75, 3.05) is 12.0 Å². The lowest BCUT2D eigenvalue weighted by molar-refractivity contribution is 0.0686. The SMILES string of the molecule is CSc1ccc(-c2c(C(=O)O)noc2N)cc1. The highest BCUT2D eigenvalue weighted by Crippen LogP contribution is 2.30. The summed E-state index contributed by atoms with van der Waals surface area (Å²) < 4.78 is 4.71. The van der Waals surface area contributed by atoms with Crippen molar-refractivity contribution >= 4 is 23.6 Å². The van der Waals surface area contributed by atoms with E-state index in [2.05, 4.69) is 5.16 Å². The molecule has 1 aromatic carbocycles. The molecular weight excluding hydrogens is 240 g/mol. The van der Waals surface area contributed by atoms with Crippen molar-refractivity contribution in [2.45, 2.75) is 4.90 Å². The minimum Gasteiger partial charge on any atom is -0.476 e. The zero-order valence-electron chi connectivity index (χ0n) is 9.01. The molecule has 5 nitrogen and oxygen atoms in total. The van der Waals surface area contributed by atoms with E-state index in [1.54, 1.807) is 23.9 Å². The van der Waals surface area contributed by atoms with Crippen molar-refractivity contribution in [3.05, 3.63) is 30.0 Å². The van der Waals surface area contributed by atoms with Gasteiger partial charge in [0, 0.05) is 4.90 Å². The molecule has 0 saturated carbocycles. The standard InChI is InChI=1S/C11H10N2O3S/c1-17-7-4-2-6(3-5-7)8-9(11(14)15)13-16-10(8)12/h2-5H,12H2,1H3,(H,14,15). The number of benzene rings is 1. The number of hydrogen-bond acceptors (Lipinski definition) is 5. The van der Waals surface area contributed by atoms with Gasteiger partial charge in [-0.15, -0.1) is 11.8 Å². The van der Waals surface area contributed by atoms with E-state index in [1.807, 2.05) is 18.4 Å². The van der Waals surface area contributed by atoms with Crippen molar-refractivity contribution < 1.29 is 14.4 Å². The third kappa shape index (κ3) is 2.12. The van der Waals surface area contributed by atoms with Crippen LogP contribution in [0.4, 0.5) is 5.88 Å². The van der Waals surface area contributed by atoms with Crippen LogP contribution in [0.3, 0.4) is 0 Å². The molecule has 1 heterocycles. The van der Waals surface area contributed by atoms with E-state index in [-0.39, 0.29) is 11.6 Å². The summed E-state index contributed by atoms with van der Waals surface area (Å²) in [6.07, 6.45) is 1.96. The first kappa shape index (κ1) is 11.5. The van der Waals surface area contributed by atoms with E-state index in [0.717, 1.165) is 4.90 Å². The maximum atomic E-state index is 10.9. The van der Waals surface area contributed by atoms with E-state index < -0.39 is 5.97 Å². The number of carboxylic acid groups (broad SMARTS) is 1. The van der Waals surface area contributed by atoms with Crippen molar-refractivity contribution in [2.24, 2.45) is 0 Å². The summed E-state index contributed by atoms with van der Waals surface area (Å²) in [6, 6.07) is 7.36. The predicted octanol–water partition coefficient (Wildman–Crippen LogP) is 2.34. The molecule has 2 aromatic rings. The minimum absolute atomic E-state index is 0.0132. The Bertz CT molecular complexity index is 548. The summed E-state index contributed by atoms with van der Waals surface area (Å²) in [6.45, 7) is 0. The molecule has 0 aliphatic rings. The smallest absolute Gasteiger partial charge is 0.358 e. The fourth-order valence-electron chi connectivity index (χ4n) is 1.49. The van der Waals surface area contributed by atoms with Gasteiger partial charge in [-0.05, 0) is 24.0 Å². The second kappa shape index (κ2) is 4.50. The van der Waals surface area contributed by atoms with Crippen LogP contribution in [-0.4, -0.2) is 22.5 Å². The van der Waals surface area contributed by atoms with Gasteiger partial charge in [-0.1, -0.05) is 17.3 Å². The van der Waals surface area contributed by atoms with Gasteiger partial charge in [0.15, 0.2) is 0 Å². The van der Waals surface area contributed by atoms with Gasteiger partial charge in [-0.3, -0.25) is 0 Å². The maximum absolute atomic E-state index is 10.9. The van der Waals surface area contributed by atoms with E-state index in [4.69, 9.17) is 15.4 Å². The van der Waals surface area contributed by atoms with Gasteiger partial charge in [0.05, 0.1) is 5.56 Å². The molecular formula is C11H10N2O3S. The molecule has 0 atom stereocenters. The van der Waals surface area contributed by atoms with Crippen LogP contribution in [0.15, 0.2) is 33.7 Å². The first-order valence-electron chi connectivity index (χ1n) is 4.76. The highest BCUT2D eigenvalue weighted by molar-refractivity contribution is 7.98. The number of anilines is 1. The van der Waals surface area contributed by atoms with Crippen LogP contribution in [0.2, 0.25) is 0 Å². The monoisotopic (exact) mass is 250 g/mol. The van der Waals surface area contributed by atoms with E-state index in [1.165, 1.54) is 0 Å². The normalized spacial score (nSPS) is 10.4. The van der Waals surface area contributed by atoms with Crippen molar-refractivity contribution in [1.82, 2.24) is 5.16 Å². The largest absolute Gasteiger partial charge is 0.476 e. The number of thioether (sulfide) groups is 1. The van der Waals surface area contributed by atoms with Gasteiger partial charge < -0.3 is 15.4 Å². The molecule has 0 saturated heterocycles. The molecule has 2 rings (SSSR count). The summed E-state index contributed by atoms with van der Waals surface area (Å²) in [5.74, 6) is -1.14. The number of nitrogen functional groups attached to an aromatic ring is 1. The highest BCUT2D eigenvalue weighted by atomic mass is 32.2. The van der Waals surface area contributed by atoms with Crippen LogP contribution in [0, 0.1) is 0 Å². The molecule has 3 N–H and O–H groups in total. The minimum atomic E-state index is -1.16. The molecule has 0 fully saturated rings. The molecule has 1 aromatic heterocycles. The van der Waals surface area contributed by atoms with Gasteiger partial charge in [-0.25, -0.2) is 4.79 Å². The molecule has 0 bridgehead atoms. The lowest BCUT2D eigenvalue weighted by Crippen LogP contribution is -1.99. The second-order valence-corrected chi connectivity index (χ2v) is 4.18. The zero-order valence-corrected chi connectivity index (χ0v) is 9.82. The third-order valence-corrected chi connectivity index (χ3v) is 3.04. The van der Waals surface area contributed by atoms with Crippen LogP contribution in [0.1, 0.15) is 10.5 Å². The van der Waals surface area contributed by atoms with Crippen molar-refractivity contribution in [3.8, 4) is 11.1 Å². The summed E-state index contributed by atoms with van der Waals surface area (Å²) in [5, 5.41) is 12.4. The average Bonchev–Trinajstić information content (AvgIpc) is 2.71. The summed E-state index contributed by atoms with van der Waals surface area (Å²) >= 11 is 1.60. The number of hydrogen-bond donors (Lipinski definition) is 2. The molecule has 0 unspecified atom stereocenters. The number of carboxylic acids is 1. The summed E-state index contributed by atoms with van der Waals surface area (Å²) in [5.41, 5.74) is 6.42. The third-order valence-electron chi connectivity index (χ3n) is 2.30. The van der Waals surface area contributed by atoms with E-state index in [9.17, 15) is 4.79 Å². The summed E-state index contributed by atoms with van der Waals surface area (Å²) in [4.78, 5) is 12.0. The van der Waals surface area contributed by atoms with E-state index >= 15 is 0 Å². The van der Waals surface area contributed by atoms with Crippen LogP contribution in [0.5, 0.6) is 0 Å². The summed E-state index contributed by atoms with van der Waals surface area (Å²) in [7, 11) is 0. The maximum Gasteiger partial charge on any atom is 0.358 e. The van der Waals surface area contributed by atoms with Gasteiger partial charge in [0.1, 0.15) is 0 Å². The molecule has 0 amide bonds. The number of rotatable bonds is 3. The molecule has 17 heavy (non-hydrogen) atoms. The Balaban J connectivity index is 2.51. The molecule has 88 valence electrons. The molecule has 0 spiro atoms. The van der Waals surface area contributed by atoms with E-state index in [0.29, 0.717) is 11.1 Å². The Morgan fingerprint density at radius 3 is 2.59 bits per heavy atom. The Morgan fingerprint density at radius 2 is 2.06 bits per heavy atom. The Labute approximate surface area is 102 Å². The Morgan fingerprint density at radius 1 is 1.41 bits per heavy atom.